The summed E-state index contributed by atoms with van der Waals surface area (Å²) in [7, 11) is 0. The highest BCUT2D eigenvalue weighted by Crippen LogP contribution is 2.43. The van der Waals surface area contributed by atoms with Crippen molar-refractivity contribution in [1.29, 1.82) is 0 Å². The number of halogens is 3. The Morgan fingerprint density at radius 2 is 1.96 bits per heavy atom. The van der Waals surface area contributed by atoms with Gasteiger partial charge in [0.05, 0.1) is 19.7 Å². The summed E-state index contributed by atoms with van der Waals surface area (Å²) in [6.45, 7) is 0.234. The molecule has 1 aromatic carbocycles. The van der Waals surface area contributed by atoms with Crippen molar-refractivity contribution in [2.75, 3.05) is 19.7 Å². The molecule has 0 saturated carbocycles. The van der Waals surface area contributed by atoms with Gasteiger partial charge in [-0.3, -0.25) is 9.48 Å². The van der Waals surface area contributed by atoms with Gasteiger partial charge >= 0.3 is 6.18 Å². The van der Waals surface area contributed by atoms with E-state index in [0.717, 1.165) is 0 Å². The average Bonchev–Trinajstić information content (AvgIpc) is 3.02. The number of benzene rings is 1. The smallest absolute Gasteiger partial charge is 0.419 e. The van der Waals surface area contributed by atoms with E-state index in [0.29, 0.717) is 18.0 Å². The summed E-state index contributed by atoms with van der Waals surface area (Å²) >= 11 is 0. The van der Waals surface area contributed by atoms with E-state index >= 15 is 0 Å². The molecule has 0 N–H and O–H groups in total. The summed E-state index contributed by atoms with van der Waals surface area (Å²) in [5, 5.41) is 4.32. The Morgan fingerprint density at radius 1 is 1.22 bits per heavy atom. The van der Waals surface area contributed by atoms with E-state index in [9.17, 15) is 18.0 Å². The van der Waals surface area contributed by atoms with Crippen LogP contribution in [0.15, 0.2) is 36.4 Å². The van der Waals surface area contributed by atoms with Gasteiger partial charge in [-0.05, 0) is 18.2 Å². The van der Waals surface area contributed by atoms with Crippen LogP contribution in [0.3, 0.4) is 0 Å². The van der Waals surface area contributed by atoms with E-state index in [1.54, 1.807) is 18.2 Å². The summed E-state index contributed by atoms with van der Waals surface area (Å²) in [5.41, 5.74) is -1.43. The predicted molar refractivity (Wildman–Crippen MR) is 88.3 cm³/mol. The zero-order valence-corrected chi connectivity index (χ0v) is 14.4. The lowest BCUT2D eigenvalue weighted by Crippen LogP contribution is -2.63. The van der Waals surface area contributed by atoms with Crippen LogP contribution in [0.5, 0.6) is 5.75 Å². The van der Waals surface area contributed by atoms with Gasteiger partial charge in [-0.15, -0.1) is 0 Å². The number of alkyl halides is 3. The number of amides is 1. The lowest BCUT2D eigenvalue weighted by Gasteiger charge is -2.46. The monoisotopic (exact) mass is 381 g/mol. The number of hydrogen-bond acceptors (Lipinski definition) is 4. The molecule has 0 aliphatic carbocycles. The molecule has 0 bridgehead atoms. The van der Waals surface area contributed by atoms with Crippen molar-refractivity contribution in [3.63, 3.8) is 0 Å². The topological polar surface area (TPSA) is 56.6 Å². The second-order valence-electron chi connectivity index (χ2n) is 6.66. The first-order valence-electron chi connectivity index (χ1n) is 8.62. The van der Waals surface area contributed by atoms with Gasteiger partial charge < -0.3 is 14.4 Å². The molecule has 1 amide bonds. The fourth-order valence-corrected chi connectivity index (χ4v) is 3.28. The minimum Gasteiger partial charge on any atom is -0.487 e. The Bertz CT molecular complexity index is 831. The predicted octanol–water partition coefficient (Wildman–Crippen LogP) is 2.64. The first-order chi connectivity index (χ1) is 12.9. The Kier molecular flexibility index (Phi) is 4.33. The van der Waals surface area contributed by atoms with E-state index in [1.807, 2.05) is 18.2 Å². The van der Waals surface area contributed by atoms with E-state index in [-0.39, 0.29) is 31.9 Å². The molecule has 0 radical (unpaired) electrons. The largest absolute Gasteiger partial charge is 0.487 e. The van der Waals surface area contributed by atoms with Crippen LogP contribution in [0.4, 0.5) is 13.2 Å². The van der Waals surface area contributed by atoms with Gasteiger partial charge in [-0.25, -0.2) is 0 Å². The fourth-order valence-electron chi connectivity index (χ4n) is 3.28. The van der Waals surface area contributed by atoms with E-state index in [2.05, 4.69) is 5.10 Å². The summed E-state index contributed by atoms with van der Waals surface area (Å²) in [6, 6.07) is 10.7. The molecule has 2 aliphatic rings. The fraction of sp³-hybridized carbons (Fsp3) is 0.444. The number of carbonyl (C=O) groups is 1. The van der Waals surface area contributed by atoms with Crippen LogP contribution in [0.2, 0.25) is 0 Å². The van der Waals surface area contributed by atoms with Gasteiger partial charge in [0.2, 0.25) is 0 Å². The molecule has 144 valence electrons. The molecule has 4 rings (SSSR count). The van der Waals surface area contributed by atoms with Gasteiger partial charge in [0.1, 0.15) is 23.7 Å². The summed E-state index contributed by atoms with van der Waals surface area (Å²) in [6.07, 6.45) is -4.63. The van der Waals surface area contributed by atoms with Crippen molar-refractivity contribution in [1.82, 2.24) is 14.7 Å². The maximum absolute atomic E-state index is 13.3. The van der Waals surface area contributed by atoms with Crippen molar-refractivity contribution >= 4 is 5.91 Å². The Hall–Kier alpha value is -2.55. The second-order valence-corrected chi connectivity index (χ2v) is 6.66. The van der Waals surface area contributed by atoms with E-state index in [4.69, 9.17) is 9.47 Å². The Labute approximate surface area is 153 Å². The van der Waals surface area contributed by atoms with Crippen molar-refractivity contribution < 1.29 is 27.4 Å². The third-order valence-electron chi connectivity index (χ3n) is 4.90. The van der Waals surface area contributed by atoms with Crippen molar-refractivity contribution in [2.24, 2.45) is 0 Å². The maximum atomic E-state index is 13.3. The molecule has 1 fully saturated rings. The Morgan fingerprint density at radius 3 is 2.59 bits per heavy atom. The van der Waals surface area contributed by atoms with E-state index < -0.39 is 24.2 Å². The summed E-state index contributed by atoms with van der Waals surface area (Å²) < 4.78 is 51.9. The summed E-state index contributed by atoms with van der Waals surface area (Å²) in [4.78, 5) is 13.9. The number of aromatic nitrogens is 2. The minimum atomic E-state index is -4.50. The highest BCUT2D eigenvalue weighted by molar-refractivity contribution is 5.93. The quantitative estimate of drug-likeness (QED) is 0.799. The average molecular weight is 381 g/mol. The van der Waals surface area contributed by atoms with Gasteiger partial charge in [0.15, 0.2) is 5.60 Å². The highest BCUT2D eigenvalue weighted by Gasteiger charge is 2.61. The molecule has 2 aromatic rings. The van der Waals surface area contributed by atoms with Gasteiger partial charge in [-0.1, -0.05) is 18.2 Å². The van der Waals surface area contributed by atoms with Crippen LogP contribution >= 0.6 is 0 Å². The lowest BCUT2D eigenvalue weighted by molar-refractivity contribution is -0.327. The number of hydrogen-bond donors (Lipinski definition) is 0. The Balaban J connectivity index is 1.45. The van der Waals surface area contributed by atoms with Crippen LogP contribution < -0.4 is 4.74 Å². The molecule has 1 aromatic heterocycles. The molecule has 9 heteroatoms. The van der Waals surface area contributed by atoms with Crippen LogP contribution in [-0.2, 0) is 17.9 Å². The SMILES string of the molecule is O=C1c2cc(COc3ccccc3)nn2CCN1C[C@@]1(C(F)(F)F)CCO1. The number of rotatable bonds is 5. The molecule has 2 aliphatic heterocycles. The molecule has 3 heterocycles. The maximum Gasteiger partial charge on any atom is 0.419 e. The third-order valence-corrected chi connectivity index (χ3v) is 4.90. The molecule has 0 unspecified atom stereocenters. The number of ether oxygens (including phenoxy) is 2. The molecule has 1 atom stereocenters. The lowest BCUT2D eigenvalue weighted by atomic mass is 9.93. The van der Waals surface area contributed by atoms with Crippen molar-refractivity contribution in [3.05, 3.63) is 47.8 Å². The molecule has 0 spiro atoms. The molecule has 27 heavy (non-hydrogen) atoms. The van der Waals surface area contributed by atoms with Crippen LogP contribution in [0.25, 0.3) is 0 Å². The van der Waals surface area contributed by atoms with E-state index in [1.165, 1.54) is 9.58 Å². The molecular weight excluding hydrogens is 363 g/mol. The molecule has 6 nitrogen and oxygen atoms in total. The van der Waals surface area contributed by atoms with Crippen molar-refractivity contribution in [3.8, 4) is 5.75 Å². The number of para-hydroxylation sites is 1. The number of carbonyl (C=O) groups excluding carboxylic acids is 1. The number of fused-ring (bicyclic) bond motifs is 1. The highest BCUT2D eigenvalue weighted by atomic mass is 19.4. The standard InChI is InChI=1S/C18H18F3N3O3/c19-18(20,21)17(6-9-27-17)12-23-7-8-24-15(16(23)25)10-13(22-24)11-26-14-4-2-1-3-5-14/h1-5,10H,6-9,11-12H2/t17-/m1/s1. The minimum absolute atomic E-state index is 0.0560. The first-order valence-corrected chi connectivity index (χ1v) is 8.62. The summed E-state index contributed by atoms with van der Waals surface area (Å²) in [5.74, 6) is 0.199. The number of nitrogens with zero attached hydrogens (tertiary/aromatic N) is 3. The van der Waals surface area contributed by atoms with Gasteiger partial charge in [-0.2, -0.15) is 18.3 Å². The third kappa shape index (κ3) is 3.27. The van der Waals surface area contributed by atoms with Crippen LogP contribution in [0.1, 0.15) is 22.6 Å². The first kappa shape index (κ1) is 17.8. The second kappa shape index (κ2) is 6.56. The van der Waals surface area contributed by atoms with Crippen LogP contribution in [-0.4, -0.2) is 52.1 Å². The van der Waals surface area contributed by atoms with Gasteiger partial charge in [0.25, 0.3) is 5.91 Å². The van der Waals surface area contributed by atoms with Crippen molar-refractivity contribution in [2.45, 2.75) is 31.3 Å². The van der Waals surface area contributed by atoms with Crippen LogP contribution in [0, 0.1) is 0 Å². The molecular formula is C18H18F3N3O3. The molecule has 1 saturated heterocycles. The zero-order chi connectivity index (χ0) is 19.1. The van der Waals surface area contributed by atoms with Gasteiger partial charge in [0, 0.05) is 13.0 Å². The zero-order valence-electron chi connectivity index (χ0n) is 14.4. The normalized spacial score (nSPS) is 22.3.